The SMILES string of the molecule is O=C1CCN(Cc2csc(=O)[nH]2)C(=O)C1. The molecule has 15 heavy (non-hydrogen) atoms. The summed E-state index contributed by atoms with van der Waals surface area (Å²) in [6.07, 6.45) is 0.411. The quantitative estimate of drug-likeness (QED) is 0.728. The van der Waals surface area contributed by atoms with Crippen molar-refractivity contribution in [2.75, 3.05) is 6.54 Å². The summed E-state index contributed by atoms with van der Waals surface area (Å²) in [6.45, 7) is 0.848. The minimum absolute atomic E-state index is 0.00457. The predicted molar refractivity (Wildman–Crippen MR) is 54.6 cm³/mol. The molecule has 0 spiro atoms. The molecule has 1 aromatic rings. The van der Waals surface area contributed by atoms with Gasteiger partial charge in [-0.1, -0.05) is 11.3 Å². The maximum atomic E-state index is 11.4. The standard InChI is InChI=1S/C9H10N2O3S/c12-7-1-2-11(8(13)3-7)4-6-5-15-9(14)10-6/h5H,1-4H2,(H,10,14). The Balaban J connectivity index is 2.03. The first-order chi connectivity index (χ1) is 7.15. The van der Waals surface area contributed by atoms with Crippen molar-refractivity contribution in [2.24, 2.45) is 0 Å². The minimum Gasteiger partial charge on any atom is -0.336 e. The molecule has 1 N–H and O–H groups in total. The van der Waals surface area contributed by atoms with Crippen molar-refractivity contribution in [3.8, 4) is 0 Å². The van der Waals surface area contributed by atoms with Crippen LogP contribution < -0.4 is 4.87 Å². The van der Waals surface area contributed by atoms with E-state index in [2.05, 4.69) is 4.98 Å². The summed E-state index contributed by atoms with van der Waals surface area (Å²) in [5, 5.41) is 1.70. The molecule has 5 nitrogen and oxygen atoms in total. The van der Waals surface area contributed by atoms with Gasteiger partial charge in [0.05, 0.1) is 13.0 Å². The summed E-state index contributed by atoms with van der Waals surface area (Å²) in [4.78, 5) is 37.4. The van der Waals surface area contributed by atoms with Crippen molar-refractivity contribution in [1.82, 2.24) is 9.88 Å². The Morgan fingerprint density at radius 3 is 2.80 bits per heavy atom. The number of amides is 1. The summed E-state index contributed by atoms with van der Waals surface area (Å²) in [5.41, 5.74) is 0.729. The molecule has 1 aliphatic rings. The fourth-order valence-electron chi connectivity index (χ4n) is 1.52. The van der Waals surface area contributed by atoms with Gasteiger partial charge in [-0.2, -0.15) is 0 Å². The number of aromatic nitrogens is 1. The van der Waals surface area contributed by atoms with E-state index in [9.17, 15) is 14.4 Å². The molecule has 1 aliphatic heterocycles. The van der Waals surface area contributed by atoms with Gasteiger partial charge in [0, 0.05) is 24.0 Å². The second-order valence-electron chi connectivity index (χ2n) is 3.45. The average Bonchev–Trinajstić information content (AvgIpc) is 2.56. The molecule has 0 radical (unpaired) electrons. The van der Waals surface area contributed by atoms with Crippen molar-refractivity contribution < 1.29 is 9.59 Å². The number of piperidine rings is 1. The molecule has 80 valence electrons. The second kappa shape index (κ2) is 3.98. The molecule has 0 unspecified atom stereocenters. The Morgan fingerprint density at radius 1 is 1.40 bits per heavy atom. The molecular weight excluding hydrogens is 216 g/mol. The van der Waals surface area contributed by atoms with Gasteiger partial charge in [-0.3, -0.25) is 14.4 Å². The number of thiazole rings is 1. The fourth-order valence-corrected chi connectivity index (χ4v) is 2.09. The highest BCUT2D eigenvalue weighted by Gasteiger charge is 2.23. The largest absolute Gasteiger partial charge is 0.336 e. The molecule has 0 bridgehead atoms. The maximum Gasteiger partial charge on any atom is 0.304 e. The molecular formula is C9H10N2O3S. The Morgan fingerprint density at radius 2 is 2.20 bits per heavy atom. The van der Waals surface area contributed by atoms with Gasteiger partial charge in [-0.15, -0.1) is 0 Å². The molecule has 1 saturated heterocycles. The number of carbonyl (C=O) groups is 2. The molecule has 1 amide bonds. The van der Waals surface area contributed by atoms with Crippen LogP contribution in [0.15, 0.2) is 10.2 Å². The average molecular weight is 226 g/mol. The minimum atomic E-state index is -0.154. The van der Waals surface area contributed by atoms with E-state index in [4.69, 9.17) is 0 Å². The molecule has 0 saturated carbocycles. The second-order valence-corrected chi connectivity index (χ2v) is 4.30. The van der Waals surface area contributed by atoms with Crippen molar-refractivity contribution >= 4 is 23.0 Å². The molecule has 0 aliphatic carbocycles. The Kier molecular flexibility index (Phi) is 2.68. The predicted octanol–water partition coefficient (Wildman–Crippen LogP) is 0.128. The molecule has 2 rings (SSSR count). The number of rotatable bonds is 2. The number of nitrogens with zero attached hydrogens (tertiary/aromatic N) is 1. The van der Waals surface area contributed by atoms with E-state index < -0.39 is 0 Å². The Hall–Kier alpha value is -1.43. The monoisotopic (exact) mass is 226 g/mol. The number of hydrogen-bond donors (Lipinski definition) is 1. The Bertz CT molecular complexity index is 448. The van der Waals surface area contributed by atoms with Gasteiger partial charge in [0.1, 0.15) is 5.78 Å². The number of carbonyl (C=O) groups excluding carboxylic acids is 2. The third-order valence-electron chi connectivity index (χ3n) is 2.29. The number of ketones is 1. The smallest absolute Gasteiger partial charge is 0.304 e. The Labute approximate surface area is 89.7 Å². The lowest BCUT2D eigenvalue weighted by Crippen LogP contribution is -2.38. The summed E-state index contributed by atoms with van der Waals surface area (Å²) in [5.74, 6) is -0.159. The number of nitrogens with one attached hydrogen (secondary N) is 1. The van der Waals surface area contributed by atoms with Crippen LogP contribution in [0.3, 0.4) is 0 Å². The van der Waals surface area contributed by atoms with E-state index in [0.29, 0.717) is 19.5 Å². The third-order valence-corrected chi connectivity index (χ3v) is 3.01. The highest BCUT2D eigenvalue weighted by Crippen LogP contribution is 2.11. The van der Waals surface area contributed by atoms with Crippen LogP contribution in [0.2, 0.25) is 0 Å². The van der Waals surface area contributed by atoms with Crippen LogP contribution in [0, 0.1) is 0 Å². The van der Waals surface area contributed by atoms with Gasteiger partial charge in [0.2, 0.25) is 5.91 Å². The van der Waals surface area contributed by atoms with Crippen LogP contribution in [0.25, 0.3) is 0 Å². The zero-order valence-electron chi connectivity index (χ0n) is 7.99. The first-order valence-corrected chi connectivity index (χ1v) is 5.49. The van der Waals surface area contributed by atoms with E-state index >= 15 is 0 Å². The van der Waals surface area contributed by atoms with Crippen molar-refractivity contribution in [3.63, 3.8) is 0 Å². The fraction of sp³-hybridized carbons (Fsp3) is 0.444. The van der Waals surface area contributed by atoms with Gasteiger partial charge in [-0.05, 0) is 0 Å². The number of Topliss-reactive ketones (excluding diaryl/α,β-unsaturated/α-hetero) is 1. The van der Waals surface area contributed by atoms with E-state index in [1.165, 1.54) is 0 Å². The van der Waals surface area contributed by atoms with Crippen LogP contribution in [-0.2, 0) is 16.1 Å². The number of aromatic amines is 1. The molecule has 0 aromatic carbocycles. The zero-order valence-corrected chi connectivity index (χ0v) is 8.80. The van der Waals surface area contributed by atoms with Crippen molar-refractivity contribution in [1.29, 1.82) is 0 Å². The number of hydrogen-bond acceptors (Lipinski definition) is 4. The first kappa shape index (κ1) is 10.1. The van der Waals surface area contributed by atoms with Gasteiger partial charge in [0.25, 0.3) is 0 Å². The van der Waals surface area contributed by atoms with Gasteiger partial charge in [0.15, 0.2) is 0 Å². The summed E-state index contributed by atoms with van der Waals surface area (Å²) < 4.78 is 0. The van der Waals surface area contributed by atoms with Crippen LogP contribution in [0.4, 0.5) is 0 Å². The highest BCUT2D eigenvalue weighted by molar-refractivity contribution is 7.07. The number of likely N-dealkylation sites (tertiary alicyclic amines) is 1. The van der Waals surface area contributed by atoms with Crippen LogP contribution in [-0.4, -0.2) is 28.1 Å². The van der Waals surface area contributed by atoms with Gasteiger partial charge < -0.3 is 9.88 Å². The van der Waals surface area contributed by atoms with Gasteiger partial charge >= 0.3 is 4.87 Å². The summed E-state index contributed by atoms with van der Waals surface area (Å²) in [6, 6.07) is 0. The normalized spacial score (nSPS) is 17.2. The zero-order chi connectivity index (χ0) is 10.8. The lowest BCUT2D eigenvalue weighted by molar-refractivity contribution is -0.139. The maximum absolute atomic E-state index is 11.4. The number of H-pyrrole nitrogens is 1. The van der Waals surface area contributed by atoms with Crippen LogP contribution in [0.5, 0.6) is 0 Å². The van der Waals surface area contributed by atoms with Crippen LogP contribution in [0.1, 0.15) is 18.5 Å². The molecule has 2 heterocycles. The molecule has 6 heteroatoms. The lowest BCUT2D eigenvalue weighted by atomic mass is 10.1. The molecule has 0 atom stereocenters. The van der Waals surface area contributed by atoms with E-state index in [1.54, 1.807) is 10.3 Å². The molecule has 1 aromatic heterocycles. The van der Waals surface area contributed by atoms with E-state index in [-0.39, 0.29) is 23.0 Å². The third kappa shape index (κ3) is 2.33. The highest BCUT2D eigenvalue weighted by atomic mass is 32.1. The van der Waals surface area contributed by atoms with Crippen LogP contribution >= 0.6 is 11.3 Å². The molecule has 1 fully saturated rings. The van der Waals surface area contributed by atoms with E-state index in [0.717, 1.165) is 17.0 Å². The van der Waals surface area contributed by atoms with Gasteiger partial charge in [-0.25, -0.2) is 0 Å². The van der Waals surface area contributed by atoms with Crippen molar-refractivity contribution in [3.05, 3.63) is 20.7 Å². The first-order valence-electron chi connectivity index (χ1n) is 4.61. The summed E-state index contributed by atoms with van der Waals surface area (Å²) in [7, 11) is 0. The van der Waals surface area contributed by atoms with Crippen molar-refractivity contribution in [2.45, 2.75) is 19.4 Å². The lowest BCUT2D eigenvalue weighted by Gasteiger charge is -2.25. The topological polar surface area (TPSA) is 70.2 Å². The summed E-state index contributed by atoms with van der Waals surface area (Å²) >= 11 is 1.08. The van der Waals surface area contributed by atoms with E-state index in [1.807, 2.05) is 0 Å².